The molecule has 0 saturated carbocycles. The summed E-state index contributed by atoms with van der Waals surface area (Å²) in [5.74, 6) is 0.295. The zero-order valence-corrected chi connectivity index (χ0v) is 16.0. The summed E-state index contributed by atoms with van der Waals surface area (Å²) >= 11 is 0. The molecule has 1 aromatic carbocycles. The zero-order chi connectivity index (χ0) is 20.0. The fourth-order valence-corrected chi connectivity index (χ4v) is 2.65. The standard InChI is InChI=1S/C19H23N3O5/c1-6-27-19(24)17-11(2)16(12(3)21-17)18(23)22-20-10-13-9-14(25-4)7-8-15(13)26-5/h7-10,21H,6H2,1-5H3,(H,22,23)/b20-10+. The molecule has 0 aliphatic rings. The summed E-state index contributed by atoms with van der Waals surface area (Å²) < 4.78 is 15.4. The Balaban J connectivity index is 2.19. The van der Waals surface area contributed by atoms with E-state index in [9.17, 15) is 9.59 Å². The molecule has 0 bridgehead atoms. The molecule has 2 N–H and O–H groups in total. The third-order valence-electron chi connectivity index (χ3n) is 3.95. The second kappa shape index (κ2) is 8.88. The minimum absolute atomic E-state index is 0.254. The second-order valence-corrected chi connectivity index (χ2v) is 5.65. The number of hydrogen-bond acceptors (Lipinski definition) is 6. The molecular weight excluding hydrogens is 350 g/mol. The molecule has 0 radical (unpaired) electrons. The third-order valence-corrected chi connectivity index (χ3v) is 3.95. The molecule has 0 fully saturated rings. The van der Waals surface area contributed by atoms with E-state index in [1.54, 1.807) is 53.2 Å². The van der Waals surface area contributed by atoms with E-state index in [0.29, 0.717) is 33.9 Å². The van der Waals surface area contributed by atoms with Crippen molar-refractivity contribution in [1.29, 1.82) is 0 Å². The van der Waals surface area contributed by atoms with Crippen LogP contribution in [0.15, 0.2) is 23.3 Å². The van der Waals surface area contributed by atoms with E-state index < -0.39 is 11.9 Å². The SMILES string of the molecule is CCOC(=O)c1[nH]c(C)c(C(=O)N/N=C/c2cc(OC)ccc2OC)c1C. The van der Waals surface area contributed by atoms with Crippen molar-refractivity contribution in [2.24, 2.45) is 5.10 Å². The van der Waals surface area contributed by atoms with Gasteiger partial charge in [0.25, 0.3) is 5.91 Å². The number of hydrogen-bond donors (Lipinski definition) is 2. The normalized spacial score (nSPS) is 10.7. The van der Waals surface area contributed by atoms with Crippen LogP contribution in [0.25, 0.3) is 0 Å². The van der Waals surface area contributed by atoms with Gasteiger partial charge in [-0.1, -0.05) is 0 Å². The Morgan fingerprint density at radius 2 is 1.96 bits per heavy atom. The van der Waals surface area contributed by atoms with Gasteiger partial charge in [-0.2, -0.15) is 5.10 Å². The molecule has 0 unspecified atom stereocenters. The quantitative estimate of drug-likeness (QED) is 0.441. The summed E-state index contributed by atoms with van der Waals surface area (Å²) in [6, 6.07) is 5.24. The number of aromatic amines is 1. The molecule has 1 aromatic heterocycles. The maximum absolute atomic E-state index is 12.5. The highest BCUT2D eigenvalue weighted by Gasteiger charge is 2.22. The van der Waals surface area contributed by atoms with Gasteiger partial charge in [-0.25, -0.2) is 10.2 Å². The van der Waals surface area contributed by atoms with Crippen molar-refractivity contribution in [3.8, 4) is 11.5 Å². The maximum atomic E-state index is 12.5. The molecule has 0 saturated heterocycles. The van der Waals surface area contributed by atoms with Crippen molar-refractivity contribution in [3.05, 3.63) is 46.3 Å². The number of benzene rings is 1. The average Bonchev–Trinajstić information content (AvgIpc) is 2.96. The molecule has 27 heavy (non-hydrogen) atoms. The number of hydrazone groups is 1. The largest absolute Gasteiger partial charge is 0.497 e. The van der Waals surface area contributed by atoms with Crippen molar-refractivity contribution in [1.82, 2.24) is 10.4 Å². The lowest BCUT2D eigenvalue weighted by Crippen LogP contribution is -2.19. The molecule has 144 valence electrons. The summed E-state index contributed by atoms with van der Waals surface area (Å²) in [7, 11) is 3.10. The number of ether oxygens (including phenoxy) is 3. The van der Waals surface area contributed by atoms with Crippen LogP contribution in [0.3, 0.4) is 0 Å². The fraction of sp³-hybridized carbons (Fsp3) is 0.316. The van der Waals surface area contributed by atoms with Gasteiger partial charge < -0.3 is 19.2 Å². The van der Waals surface area contributed by atoms with E-state index in [1.165, 1.54) is 6.21 Å². The molecule has 1 heterocycles. The number of amides is 1. The lowest BCUT2D eigenvalue weighted by atomic mass is 10.1. The lowest BCUT2D eigenvalue weighted by molar-refractivity contribution is 0.0519. The minimum Gasteiger partial charge on any atom is -0.497 e. The predicted octanol–water partition coefficient (Wildman–Crippen LogP) is 2.59. The Labute approximate surface area is 157 Å². The van der Waals surface area contributed by atoms with E-state index in [0.717, 1.165) is 0 Å². The number of nitrogens with zero attached hydrogens (tertiary/aromatic N) is 1. The van der Waals surface area contributed by atoms with Crippen LogP contribution in [0.4, 0.5) is 0 Å². The lowest BCUT2D eigenvalue weighted by Gasteiger charge is -2.07. The maximum Gasteiger partial charge on any atom is 0.355 e. The van der Waals surface area contributed by atoms with Crippen molar-refractivity contribution < 1.29 is 23.8 Å². The highest BCUT2D eigenvalue weighted by Crippen LogP contribution is 2.22. The van der Waals surface area contributed by atoms with Gasteiger partial charge in [0.1, 0.15) is 17.2 Å². The molecule has 2 aromatic rings. The van der Waals surface area contributed by atoms with E-state index in [-0.39, 0.29) is 12.3 Å². The van der Waals surface area contributed by atoms with Gasteiger partial charge in [0.15, 0.2) is 0 Å². The van der Waals surface area contributed by atoms with Crippen molar-refractivity contribution in [2.75, 3.05) is 20.8 Å². The number of H-pyrrole nitrogens is 1. The molecule has 0 aliphatic heterocycles. The Hall–Kier alpha value is -3.29. The van der Waals surface area contributed by atoms with Gasteiger partial charge in [0.2, 0.25) is 0 Å². The van der Waals surface area contributed by atoms with Crippen molar-refractivity contribution in [2.45, 2.75) is 20.8 Å². The van der Waals surface area contributed by atoms with Crippen LogP contribution in [0.5, 0.6) is 11.5 Å². The van der Waals surface area contributed by atoms with Crippen LogP contribution < -0.4 is 14.9 Å². The summed E-state index contributed by atoms with van der Waals surface area (Å²) in [5.41, 5.74) is 4.80. The van der Waals surface area contributed by atoms with Crippen LogP contribution in [0, 0.1) is 13.8 Å². The van der Waals surface area contributed by atoms with E-state index >= 15 is 0 Å². The monoisotopic (exact) mass is 373 g/mol. The molecule has 0 spiro atoms. The smallest absolute Gasteiger partial charge is 0.355 e. The number of carbonyl (C=O) groups excluding carboxylic acids is 2. The summed E-state index contributed by atoms with van der Waals surface area (Å²) in [6.45, 7) is 5.36. The Kier molecular flexibility index (Phi) is 6.59. The minimum atomic E-state index is -0.498. The van der Waals surface area contributed by atoms with Crippen molar-refractivity contribution in [3.63, 3.8) is 0 Å². The van der Waals surface area contributed by atoms with Crippen LogP contribution in [-0.2, 0) is 4.74 Å². The zero-order valence-electron chi connectivity index (χ0n) is 16.0. The Morgan fingerprint density at radius 3 is 2.59 bits per heavy atom. The number of nitrogens with one attached hydrogen (secondary N) is 2. The average molecular weight is 373 g/mol. The molecule has 2 rings (SSSR count). The van der Waals surface area contributed by atoms with Crippen LogP contribution in [0.1, 0.15) is 44.6 Å². The molecule has 0 aliphatic carbocycles. The van der Waals surface area contributed by atoms with Gasteiger partial charge in [0, 0.05) is 11.3 Å². The van der Waals surface area contributed by atoms with Gasteiger partial charge in [-0.05, 0) is 44.5 Å². The van der Waals surface area contributed by atoms with Crippen LogP contribution in [-0.4, -0.2) is 43.9 Å². The number of aromatic nitrogens is 1. The number of esters is 1. The first-order valence-electron chi connectivity index (χ1n) is 8.34. The molecule has 8 heteroatoms. The molecule has 0 atom stereocenters. The van der Waals surface area contributed by atoms with Gasteiger partial charge in [-0.15, -0.1) is 0 Å². The molecular formula is C19H23N3O5. The Morgan fingerprint density at radius 1 is 1.22 bits per heavy atom. The van der Waals surface area contributed by atoms with Gasteiger partial charge >= 0.3 is 5.97 Å². The predicted molar refractivity (Wildman–Crippen MR) is 101 cm³/mol. The van der Waals surface area contributed by atoms with Crippen molar-refractivity contribution >= 4 is 18.1 Å². The molecule has 1 amide bonds. The number of methoxy groups -OCH3 is 2. The van der Waals surface area contributed by atoms with Gasteiger partial charge in [-0.3, -0.25) is 4.79 Å². The highest BCUT2D eigenvalue weighted by molar-refractivity contribution is 6.01. The Bertz CT molecular complexity index is 870. The fourth-order valence-electron chi connectivity index (χ4n) is 2.65. The van der Waals surface area contributed by atoms with Gasteiger partial charge in [0.05, 0.1) is 32.6 Å². The second-order valence-electron chi connectivity index (χ2n) is 5.65. The van der Waals surface area contributed by atoms with E-state index in [4.69, 9.17) is 14.2 Å². The summed E-state index contributed by atoms with van der Waals surface area (Å²) in [6.07, 6.45) is 1.46. The van der Waals surface area contributed by atoms with E-state index in [2.05, 4.69) is 15.5 Å². The van der Waals surface area contributed by atoms with Crippen LogP contribution >= 0.6 is 0 Å². The number of aryl methyl sites for hydroxylation is 1. The number of carbonyl (C=O) groups is 2. The summed E-state index contributed by atoms with van der Waals surface area (Å²) in [5, 5.41) is 3.98. The first kappa shape index (κ1) is 20.0. The first-order valence-corrected chi connectivity index (χ1v) is 8.34. The molecule has 8 nitrogen and oxygen atoms in total. The first-order chi connectivity index (χ1) is 12.9. The van der Waals surface area contributed by atoms with E-state index in [1.807, 2.05) is 0 Å². The highest BCUT2D eigenvalue weighted by atomic mass is 16.5. The summed E-state index contributed by atoms with van der Waals surface area (Å²) in [4.78, 5) is 27.3. The van der Waals surface area contributed by atoms with Crippen LogP contribution in [0.2, 0.25) is 0 Å². The topological polar surface area (TPSA) is 102 Å². The third kappa shape index (κ3) is 4.46. The number of rotatable bonds is 7.